The second-order valence-corrected chi connectivity index (χ2v) is 7.86. The van der Waals surface area contributed by atoms with Gasteiger partial charge in [-0.3, -0.25) is 19.7 Å². The Balaban J connectivity index is 1.76. The molecule has 1 aromatic heterocycles. The summed E-state index contributed by atoms with van der Waals surface area (Å²) in [6.07, 6.45) is 5.63. The highest BCUT2D eigenvalue weighted by Gasteiger charge is 2.46. The molecule has 1 saturated heterocycles. The molecule has 1 fully saturated rings. The zero-order valence-corrected chi connectivity index (χ0v) is 17.9. The van der Waals surface area contributed by atoms with Gasteiger partial charge in [-0.25, -0.2) is 4.98 Å². The Morgan fingerprint density at radius 3 is 2.58 bits per heavy atom. The lowest BCUT2D eigenvalue weighted by atomic mass is 9.94. The largest absolute Gasteiger partial charge is 0.507 e. The van der Waals surface area contributed by atoms with Gasteiger partial charge in [0, 0.05) is 43.2 Å². The van der Waals surface area contributed by atoms with E-state index in [9.17, 15) is 24.8 Å². The molecule has 0 aliphatic carbocycles. The monoisotopic (exact) mass is 446 g/mol. The summed E-state index contributed by atoms with van der Waals surface area (Å²) >= 11 is 0. The zero-order valence-electron chi connectivity index (χ0n) is 17.9. The number of carbonyl (C=O) groups excluding carboxylic acids is 2. The van der Waals surface area contributed by atoms with Gasteiger partial charge in [0.25, 0.3) is 17.4 Å². The lowest BCUT2D eigenvalue weighted by Crippen LogP contribution is -2.31. The number of rotatable bonds is 7. The van der Waals surface area contributed by atoms with Crippen LogP contribution in [0.3, 0.4) is 0 Å². The molecule has 0 radical (unpaired) electrons. The number of imidazole rings is 1. The average molecular weight is 446 g/mol. The maximum atomic E-state index is 13.0. The first-order valence-corrected chi connectivity index (χ1v) is 10.4. The van der Waals surface area contributed by atoms with Gasteiger partial charge in [-0.05, 0) is 18.9 Å². The molecule has 1 atom stereocenters. The number of nitrogens with zero attached hydrogens (tertiary/aromatic N) is 4. The second-order valence-electron chi connectivity index (χ2n) is 7.86. The first-order chi connectivity index (χ1) is 15.9. The Hall–Kier alpha value is -4.27. The molecule has 33 heavy (non-hydrogen) atoms. The predicted molar refractivity (Wildman–Crippen MR) is 120 cm³/mol. The van der Waals surface area contributed by atoms with E-state index in [1.165, 1.54) is 23.1 Å². The number of benzene rings is 2. The lowest BCUT2D eigenvalue weighted by Gasteiger charge is -2.25. The van der Waals surface area contributed by atoms with Crippen LogP contribution in [-0.2, 0) is 16.1 Å². The maximum absolute atomic E-state index is 13.0. The molecule has 2 heterocycles. The number of Topliss-reactive ketones (excluding diaryl/α,β-unsaturated/α-hetero) is 1. The number of nitro groups is 1. The molecule has 168 valence electrons. The number of amides is 1. The summed E-state index contributed by atoms with van der Waals surface area (Å²) in [5, 5.41) is 22.4. The van der Waals surface area contributed by atoms with Crippen molar-refractivity contribution in [3.05, 3.63) is 99.6 Å². The lowest BCUT2D eigenvalue weighted by molar-refractivity contribution is -0.384. The van der Waals surface area contributed by atoms with Crippen LogP contribution in [0.5, 0.6) is 0 Å². The van der Waals surface area contributed by atoms with E-state index in [0.29, 0.717) is 24.1 Å². The molecule has 1 amide bonds. The number of aliphatic hydroxyl groups is 1. The van der Waals surface area contributed by atoms with Crippen LogP contribution in [0.2, 0.25) is 0 Å². The topological polar surface area (TPSA) is 119 Å². The number of hydrogen-bond donors (Lipinski definition) is 1. The first kappa shape index (κ1) is 21.9. The summed E-state index contributed by atoms with van der Waals surface area (Å²) in [6, 6.07) is 11.8. The van der Waals surface area contributed by atoms with Crippen molar-refractivity contribution < 1.29 is 19.6 Å². The SMILES string of the molecule is Cc1ccc(/C(O)=C2\C(=O)C(=O)N(CCCn3ccnc3)[C@@H]2c2cccc([N+](=O)[O-])c2)cc1. The third-order valence-corrected chi connectivity index (χ3v) is 5.64. The molecular weight excluding hydrogens is 424 g/mol. The minimum absolute atomic E-state index is 0.0769. The van der Waals surface area contributed by atoms with E-state index in [0.717, 1.165) is 5.56 Å². The number of nitro benzene ring substituents is 1. The van der Waals surface area contributed by atoms with Crippen LogP contribution in [0, 0.1) is 17.0 Å². The van der Waals surface area contributed by atoms with Crippen LogP contribution in [0.4, 0.5) is 5.69 Å². The third-order valence-electron chi connectivity index (χ3n) is 5.64. The number of likely N-dealkylation sites (tertiary alicyclic amines) is 1. The first-order valence-electron chi connectivity index (χ1n) is 10.4. The van der Waals surface area contributed by atoms with Crippen LogP contribution in [-0.4, -0.2) is 42.7 Å². The maximum Gasteiger partial charge on any atom is 0.295 e. The molecular formula is C24H22N4O5. The molecule has 0 spiro atoms. The normalized spacial score (nSPS) is 17.5. The van der Waals surface area contributed by atoms with E-state index in [1.54, 1.807) is 49.1 Å². The van der Waals surface area contributed by atoms with Crippen molar-refractivity contribution in [2.24, 2.45) is 0 Å². The summed E-state index contributed by atoms with van der Waals surface area (Å²) in [4.78, 5) is 42.2. The van der Waals surface area contributed by atoms with Crippen molar-refractivity contribution in [2.45, 2.75) is 25.9 Å². The fourth-order valence-electron chi connectivity index (χ4n) is 3.98. The summed E-state index contributed by atoms with van der Waals surface area (Å²) in [5.41, 5.74) is 1.52. The summed E-state index contributed by atoms with van der Waals surface area (Å²) in [6.45, 7) is 2.69. The molecule has 0 saturated carbocycles. The van der Waals surface area contributed by atoms with Gasteiger partial charge in [0.05, 0.1) is 22.9 Å². The Labute approximate surface area is 189 Å². The molecule has 9 nitrogen and oxygen atoms in total. The number of non-ortho nitro benzene ring substituents is 1. The van der Waals surface area contributed by atoms with Crippen molar-refractivity contribution in [3.63, 3.8) is 0 Å². The standard InChI is InChI=1S/C24H22N4O5/c1-16-6-8-17(9-7-16)22(29)20-21(18-4-2-5-19(14-18)28(32)33)27(24(31)23(20)30)12-3-11-26-13-10-25-15-26/h2,4-10,13-15,21,29H,3,11-12H2,1H3/b22-20+/t21-/m1/s1. The van der Waals surface area contributed by atoms with E-state index in [4.69, 9.17) is 0 Å². The van der Waals surface area contributed by atoms with Gasteiger partial charge < -0.3 is 14.6 Å². The number of hydrogen-bond acceptors (Lipinski definition) is 6. The summed E-state index contributed by atoms with van der Waals surface area (Å²) in [7, 11) is 0. The Kier molecular flexibility index (Phi) is 6.03. The smallest absolute Gasteiger partial charge is 0.295 e. The van der Waals surface area contributed by atoms with Gasteiger partial charge in [0.1, 0.15) is 5.76 Å². The molecule has 4 rings (SSSR count). The Morgan fingerprint density at radius 1 is 1.15 bits per heavy atom. The molecule has 3 aromatic rings. The van der Waals surface area contributed by atoms with Crippen molar-refractivity contribution in [3.8, 4) is 0 Å². The molecule has 0 unspecified atom stereocenters. The van der Waals surface area contributed by atoms with Crippen LogP contribution in [0.1, 0.15) is 29.2 Å². The van der Waals surface area contributed by atoms with Gasteiger partial charge in [-0.1, -0.05) is 42.0 Å². The minimum atomic E-state index is -0.936. The molecule has 1 aliphatic heterocycles. The Morgan fingerprint density at radius 2 is 1.91 bits per heavy atom. The van der Waals surface area contributed by atoms with Gasteiger partial charge in [0.2, 0.25) is 0 Å². The van der Waals surface area contributed by atoms with Crippen molar-refractivity contribution in [1.82, 2.24) is 14.5 Å². The fourth-order valence-corrected chi connectivity index (χ4v) is 3.98. The van der Waals surface area contributed by atoms with Crippen LogP contribution >= 0.6 is 0 Å². The summed E-state index contributed by atoms with van der Waals surface area (Å²) in [5.74, 6) is -1.86. The molecule has 1 N–H and O–H groups in total. The van der Waals surface area contributed by atoms with Crippen LogP contribution < -0.4 is 0 Å². The molecule has 2 aromatic carbocycles. The number of aliphatic hydroxyl groups excluding tert-OH is 1. The number of aromatic nitrogens is 2. The molecule has 9 heteroatoms. The third kappa shape index (κ3) is 4.38. The van der Waals surface area contributed by atoms with Gasteiger partial charge in [0.15, 0.2) is 0 Å². The Bertz CT molecular complexity index is 1230. The van der Waals surface area contributed by atoms with Gasteiger partial charge >= 0.3 is 0 Å². The number of ketones is 1. The average Bonchev–Trinajstić information content (AvgIpc) is 3.41. The molecule has 0 bridgehead atoms. The van der Waals surface area contributed by atoms with Gasteiger partial charge in [-0.2, -0.15) is 0 Å². The van der Waals surface area contributed by atoms with E-state index in [2.05, 4.69) is 4.98 Å². The predicted octanol–water partition coefficient (Wildman–Crippen LogP) is 3.61. The number of carbonyl (C=O) groups is 2. The fraction of sp³-hybridized carbons (Fsp3) is 0.208. The van der Waals surface area contributed by atoms with Crippen molar-refractivity contribution >= 4 is 23.1 Å². The van der Waals surface area contributed by atoms with E-state index in [1.807, 2.05) is 11.5 Å². The number of aryl methyl sites for hydroxylation is 2. The minimum Gasteiger partial charge on any atom is -0.507 e. The van der Waals surface area contributed by atoms with Crippen LogP contribution in [0.25, 0.3) is 5.76 Å². The highest BCUT2D eigenvalue weighted by Crippen LogP contribution is 2.40. The summed E-state index contributed by atoms with van der Waals surface area (Å²) < 4.78 is 1.85. The highest BCUT2D eigenvalue weighted by atomic mass is 16.6. The van der Waals surface area contributed by atoms with E-state index < -0.39 is 22.7 Å². The zero-order chi connectivity index (χ0) is 23.5. The second kappa shape index (κ2) is 9.07. The van der Waals surface area contributed by atoms with Gasteiger partial charge in [-0.15, -0.1) is 0 Å². The quantitative estimate of drug-likeness (QED) is 0.195. The van der Waals surface area contributed by atoms with E-state index >= 15 is 0 Å². The highest BCUT2D eigenvalue weighted by molar-refractivity contribution is 6.46. The van der Waals surface area contributed by atoms with Crippen LogP contribution in [0.15, 0.2) is 72.8 Å². The van der Waals surface area contributed by atoms with Crippen molar-refractivity contribution in [2.75, 3.05) is 6.54 Å². The van der Waals surface area contributed by atoms with E-state index in [-0.39, 0.29) is 23.6 Å². The molecule has 1 aliphatic rings. The van der Waals surface area contributed by atoms with Crippen molar-refractivity contribution in [1.29, 1.82) is 0 Å².